The van der Waals surface area contributed by atoms with E-state index in [2.05, 4.69) is 6.07 Å². The maximum Gasteiger partial charge on any atom is 0.231 e. The number of fused-ring (bicyclic) bond motifs is 1. The molecule has 0 N–H and O–H groups in total. The van der Waals surface area contributed by atoms with Crippen LogP contribution in [0.2, 0.25) is 0 Å². The van der Waals surface area contributed by atoms with E-state index >= 15 is 0 Å². The van der Waals surface area contributed by atoms with Gasteiger partial charge in [-0.3, -0.25) is 4.90 Å². The van der Waals surface area contributed by atoms with E-state index < -0.39 is 16.1 Å². The van der Waals surface area contributed by atoms with E-state index in [4.69, 9.17) is 9.47 Å². The molecule has 1 fully saturated rings. The molecule has 0 bridgehead atoms. The lowest BCUT2D eigenvalue weighted by Gasteiger charge is -2.36. The third-order valence-corrected chi connectivity index (χ3v) is 6.40. The van der Waals surface area contributed by atoms with E-state index in [1.165, 1.54) is 4.31 Å². The summed E-state index contributed by atoms with van der Waals surface area (Å²) in [5, 5.41) is 9.59. The van der Waals surface area contributed by atoms with Crippen molar-refractivity contribution in [3.05, 3.63) is 23.8 Å². The second-order valence-electron chi connectivity index (χ2n) is 5.90. The average molecular weight is 351 g/mol. The zero-order valence-electron chi connectivity index (χ0n) is 13.6. The van der Waals surface area contributed by atoms with Crippen molar-refractivity contribution in [2.75, 3.05) is 38.7 Å². The molecule has 0 saturated carbocycles. The molecule has 7 nitrogen and oxygen atoms in total. The van der Waals surface area contributed by atoms with Crippen LogP contribution in [0.15, 0.2) is 18.2 Å². The van der Waals surface area contributed by atoms with Crippen LogP contribution in [-0.4, -0.2) is 56.3 Å². The van der Waals surface area contributed by atoms with Crippen molar-refractivity contribution in [2.45, 2.75) is 19.4 Å². The van der Waals surface area contributed by atoms with Crippen molar-refractivity contribution in [3.63, 3.8) is 0 Å². The van der Waals surface area contributed by atoms with E-state index in [9.17, 15) is 13.7 Å². The van der Waals surface area contributed by atoms with Crippen LogP contribution in [0.4, 0.5) is 0 Å². The van der Waals surface area contributed by atoms with Crippen LogP contribution in [0.3, 0.4) is 0 Å². The zero-order valence-corrected chi connectivity index (χ0v) is 14.5. The molecule has 1 unspecified atom stereocenters. The number of piperazine rings is 1. The molecule has 24 heavy (non-hydrogen) atoms. The number of hydrogen-bond donors (Lipinski definition) is 0. The second-order valence-corrected chi connectivity index (χ2v) is 7.98. The van der Waals surface area contributed by atoms with Gasteiger partial charge in [0.15, 0.2) is 11.5 Å². The molecule has 0 amide bonds. The quantitative estimate of drug-likeness (QED) is 0.796. The van der Waals surface area contributed by atoms with E-state index in [1.54, 1.807) is 0 Å². The van der Waals surface area contributed by atoms with Crippen LogP contribution in [0.25, 0.3) is 0 Å². The maximum atomic E-state index is 12.1. The van der Waals surface area contributed by atoms with Crippen LogP contribution in [-0.2, 0) is 10.0 Å². The number of nitriles is 1. The Morgan fingerprint density at radius 3 is 2.58 bits per heavy atom. The summed E-state index contributed by atoms with van der Waals surface area (Å²) in [6, 6.07) is 7.40. The largest absolute Gasteiger partial charge is 0.454 e. The summed E-state index contributed by atoms with van der Waals surface area (Å²) >= 11 is 0. The Morgan fingerprint density at radius 2 is 1.92 bits per heavy atom. The Kier molecular flexibility index (Phi) is 4.94. The first-order valence-electron chi connectivity index (χ1n) is 8.06. The minimum absolute atomic E-state index is 0.177. The molecule has 1 aromatic rings. The van der Waals surface area contributed by atoms with Crippen molar-refractivity contribution >= 4 is 10.0 Å². The fourth-order valence-corrected chi connectivity index (χ4v) is 4.57. The average Bonchev–Trinajstić information content (AvgIpc) is 3.04. The summed E-state index contributed by atoms with van der Waals surface area (Å²) < 4.78 is 36.5. The van der Waals surface area contributed by atoms with Gasteiger partial charge in [0, 0.05) is 26.2 Å². The topological polar surface area (TPSA) is 82.9 Å². The highest BCUT2D eigenvalue weighted by atomic mass is 32.2. The molecule has 2 aliphatic rings. The molecule has 8 heteroatoms. The van der Waals surface area contributed by atoms with Crippen LogP contribution < -0.4 is 9.47 Å². The molecule has 3 rings (SSSR count). The minimum atomic E-state index is -3.17. The Hall–Kier alpha value is -1.82. The van der Waals surface area contributed by atoms with Gasteiger partial charge >= 0.3 is 0 Å². The molecule has 2 aliphatic heterocycles. The molecule has 130 valence electrons. The molecule has 0 spiro atoms. The molecule has 1 saturated heterocycles. The molecule has 0 aliphatic carbocycles. The Labute approximate surface area is 142 Å². The lowest BCUT2D eigenvalue weighted by molar-refractivity contribution is 0.162. The number of rotatable bonds is 5. The van der Waals surface area contributed by atoms with E-state index in [1.807, 2.05) is 30.0 Å². The van der Waals surface area contributed by atoms with Gasteiger partial charge in [-0.25, -0.2) is 8.42 Å². The maximum absolute atomic E-state index is 12.1. The van der Waals surface area contributed by atoms with Crippen molar-refractivity contribution < 1.29 is 17.9 Å². The minimum Gasteiger partial charge on any atom is -0.454 e. The zero-order chi connectivity index (χ0) is 17.2. The monoisotopic (exact) mass is 351 g/mol. The summed E-state index contributed by atoms with van der Waals surface area (Å²) in [4.78, 5) is 2.01. The van der Waals surface area contributed by atoms with Crippen LogP contribution in [0.1, 0.15) is 24.9 Å². The van der Waals surface area contributed by atoms with Gasteiger partial charge in [-0.1, -0.05) is 13.0 Å². The second kappa shape index (κ2) is 6.97. The van der Waals surface area contributed by atoms with Gasteiger partial charge in [-0.15, -0.1) is 0 Å². The number of hydrogen-bond acceptors (Lipinski definition) is 6. The van der Waals surface area contributed by atoms with E-state index in [0.717, 1.165) is 5.56 Å². The summed E-state index contributed by atoms with van der Waals surface area (Å²) in [5.74, 6) is 1.51. The van der Waals surface area contributed by atoms with E-state index in [0.29, 0.717) is 44.1 Å². The van der Waals surface area contributed by atoms with E-state index in [-0.39, 0.29) is 12.5 Å². The van der Waals surface area contributed by atoms with Gasteiger partial charge in [0.25, 0.3) is 0 Å². The lowest BCUT2D eigenvalue weighted by Crippen LogP contribution is -2.49. The molecular weight excluding hydrogens is 330 g/mol. The van der Waals surface area contributed by atoms with Gasteiger partial charge < -0.3 is 9.47 Å². The third-order valence-electron chi connectivity index (χ3n) is 4.33. The standard InChI is InChI=1S/C16H21N3O4S/c1-2-9-24(20,21)19-7-5-18(6-8-19)14(11-17)13-3-4-15-16(10-13)23-12-22-15/h3-4,10,14H,2,5-9,12H2,1H3. The third kappa shape index (κ3) is 3.34. The Morgan fingerprint density at radius 1 is 1.21 bits per heavy atom. The smallest absolute Gasteiger partial charge is 0.231 e. The van der Waals surface area contributed by atoms with Crippen molar-refractivity contribution in [1.29, 1.82) is 5.26 Å². The molecule has 1 aromatic carbocycles. The van der Waals surface area contributed by atoms with Gasteiger partial charge in [-0.2, -0.15) is 9.57 Å². The number of benzene rings is 1. The summed E-state index contributed by atoms with van der Waals surface area (Å²) in [6.45, 7) is 3.98. The molecular formula is C16H21N3O4S. The highest BCUT2D eigenvalue weighted by Crippen LogP contribution is 2.35. The molecule has 1 atom stereocenters. The highest BCUT2D eigenvalue weighted by Gasteiger charge is 2.30. The van der Waals surface area contributed by atoms with Crippen LogP contribution in [0.5, 0.6) is 11.5 Å². The fraction of sp³-hybridized carbons (Fsp3) is 0.562. The number of sulfonamides is 1. The summed E-state index contributed by atoms with van der Waals surface area (Å²) in [6.07, 6.45) is 0.612. The lowest BCUT2D eigenvalue weighted by atomic mass is 10.1. The predicted octanol–water partition coefficient (Wildman–Crippen LogP) is 1.34. The normalized spacial score (nSPS) is 19.8. The predicted molar refractivity (Wildman–Crippen MR) is 88.1 cm³/mol. The molecule has 2 heterocycles. The molecule has 0 aromatic heterocycles. The summed E-state index contributed by atoms with van der Waals surface area (Å²) in [7, 11) is -3.17. The fourth-order valence-electron chi connectivity index (χ4n) is 3.08. The Balaban J connectivity index is 1.69. The number of ether oxygens (including phenoxy) is 2. The van der Waals surface area contributed by atoms with Crippen molar-refractivity contribution in [3.8, 4) is 17.6 Å². The van der Waals surface area contributed by atoms with Crippen molar-refractivity contribution in [1.82, 2.24) is 9.21 Å². The molecule has 0 radical (unpaired) electrons. The first kappa shape index (κ1) is 17.0. The van der Waals surface area contributed by atoms with Gasteiger partial charge in [-0.05, 0) is 24.1 Å². The van der Waals surface area contributed by atoms with Crippen LogP contribution >= 0.6 is 0 Å². The van der Waals surface area contributed by atoms with Crippen LogP contribution in [0, 0.1) is 11.3 Å². The van der Waals surface area contributed by atoms with Gasteiger partial charge in [0.05, 0.1) is 11.8 Å². The van der Waals surface area contributed by atoms with Gasteiger partial charge in [0.2, 0.25) is 16.8 Å². The Bertz CT molecular complexity index is 736. The summed E-state index contributed by atoms with van der Waals surface area (Å²) in [5.41, 5.74) is 0.839. The van der Waals surface area contributed by atoms with Gasteiger partial charge in [0.1, 0.15) is 6.04 Å². The first-order valence-corrected chi connectivity index (χ1v) is 9.67. The van der Waals surface area contributed by atoms with Crippen molar-refractivity contribution in [2.24, 2.45) is 0 Å². The number of nitrogens with zero attached hydrogens (tertiary/aromatic N) is 3. The first-order chi connectivity index (χ1) is 11.5. The SMILES string of the molecule is CCCS(=O)(=O)N1CCN(C(C#N)c2ccc3c(c2)OCO3)CC1. The highest BCUT2D eigenvalue weighted by molar-refractivity contribution is 7.89.